The molecule has 7 unspecified atom stereocenters. The fourth-order valence-corrected chi connectivity index (χ4v) is 10.3. The molecule has 0 radical (unpaired) electrons. The molecule has 2 aromatic carbocycles. The predicted octanol–water partition coefficient (Wildman–Crippen LogP) is 7.63. The minimum atomic E-state index is -0.560. The number of ether oxygens (including phenoxy) is 2. The lowest BCUT2D eigenvalue weighted by Crippen LogP contribution is -2.58. The number of hydrogen-bond donors (Lipinski definition) is 1. The molecule has 1 amide bonds. The molecule has 54 heavy (non-hydrogen) atoms. The normalized spacial score (nSPS) is 30.0. The van der Waals surface area contributed by atoms with Crippen LogP contribution in [0.15, 0.2) is 67.3 Å². The molecule has 1 aliphatic carbocycles. The Bertz CT molecular complexity index is 1820. The van der Waals surface area contributed by atoms with Crippen molar-refractivity contribution in [2.45, 2.75) is 69.6 Å². The largest absolute Gasteiger partial charge is 0.491 e. The van der Waals surface area contributed by atoms with Crippen LogP contribution < -0.4 is 19.3 Å². The summed E-state index contributed by atoms with van der Waals surface area (Å²) >= 11 is 6.53. The van der Waals surface area contributed by atoms with Crippen molar-refractivity contribution in [1.82, 2.24) is 19.6 Å². The van der Waals surface area contributed by atoms with E-state index >= 15 is 0 Å². The number of nitrogens with zero attached hydrogens (tertiary/aromatic N) is 5. The number of methoxy groups -OCH3 is 1. The van der Waals surface area contributed by atoms with Crippen molar-refractivity contribution in [1.29, 1.82) is 0 Å². The quantitative estimate of drug-likeness (QED) is 0.194. The molecule has 1 saturated carbocycles. The van der Waals surface area contributed by atoms with Gasteiger partial charge in [0.15, 0.2) is 0 Å². The summed E-state index contributed by atoms with van der Waals surface area (Å²) in [5, 5.41) is 0.971. The highest BCUT2D eigenvalue weighted by molar-refractivity contribution is 8.13. The summed E-state index contributed by atoms with van der Waals surface area (Å²) in [6.07, 6.45) is 15.3. The zero-order chi connectivity index (χ0) is 37.8. The Labute approximate surface area is 329 Å². The molecule has 4 aliphatic rings. The van der Waals surface area contributed by atoms with Gasteiger partial charge in [0.25, 0.3) is 5.91 Å². The molecule has 3 aromatic rings. The molecule has 4 heterocycles. The van der Waals surface area contributed by atoms with Crippen LogP contribution in [0, 0.1) is 17.8 Å². The highest BCUT2D eigenvalue weighted by Crippen LogP contribution is 2.47. The molecular weight excluding hydrogens is 716 g/mol. The smallest absolute Gasteiger partial charge is 0.260 e. The Morgan fingerprint density at radius 2 is 1.85 bits per heavy atom. The highest BCUT2D eigenvalue weighted by Gasteiger charge is 2.48. The minimum absolute atomic E-state index is 0.0821. The van der Waals surface area contributed by atoms with E-state index in [0.717, 1.165) is 100 Å². The second-order valence-electron chi connectivity index (χ2n) is 15.8. The third kappa shape index (κ3) is 8.37. The molecular formula is C43H57ClN6O3S. The van der Waals surface area contributed by atoms with Crippen LogP contribution in [0.25, 0.3) is 0 Å². The van der Waals surface area contributed by atoms with E-state index in [1.54, 1.807) is 6.33 Å². The number of nitrogens with one attached hydrogen (secondary N) is 1. The van der Waals surface area contributed by atoms with Crippen LogP contribution in [0.1, 0.15) is 73.9 Å². The first kappa shape index (κ1) is 38.8. The molecule has 1 aromatic heterocycles. The van der Waals surface area contributed by atoms with Crippen molar-refractivity contribution >= 4 is 45.4 Å². The maximum atomic E-state index is 13.8. The zero-order valence-corrected chi connectivity index (χ0v) is 34.0. The number of aryl methyl sites for hydroxylation is 1. The fourth-order valence-electron chi connectivity index (χ4n) is 8.94. The highest BCUT2D eigenvalue weighted by atomic mass is 35.5. The van der Waals surface area contributed by atoms with Crippen LogP contribution >= 0.6 is 22.3 Å². The summed E-state index contributed by atoms with van der Waals surface area (Å²) in [5.41, 5.74) is 4.86. The van der Waals surface area contributed by atoms with Gasteiger partial charge in [0.1, 0.15) is 17.7 Å². The lowest BCUT2D eigenvalue weighted by Gasteiger charge is -2.52. The first-order valence-corrected chi connectivity index (χ1v) is 21.6. The van der Waals surface area contributed by atoms with E-state index in [1.807, 2.05) is 43.8 Å². The molecule has 3 aliphatic heterocycles. The minimum Gasteiger partial charge on any atom is -0.491 e. The van der Waals surface area contributed by atoms with Gasteiger partial charge in [0.2, 0.25) is 0 Å². The Kier molecular flexibility index (Phi) is 12.3. The average molecular weight is 773 g/mol. The van der Waals surface area contributed by atoms with Crippen LogP contribution in [-0.4, -0.2) is 97.0 Å². The predicted molar refractivity (Wildman–Crippen MR) is 224 cm³/mol. The van der Waals surface area contributed by atoms with Gasteiger partial charge in [0.05, 0.1) is 30.4 Å². The lowest BCUT2D eigenvalue weighted by atomic mass is 9.63. The molecule has 7 atom stereocenters. The van der Waals surface area contributed by atoms with E-state index in [2.05, 4.69) is 80.3 Å². The molecule has 290 valence electrons. The van der Waals surface area contributed by atoms with Crippen LogP contribution in [0.3, 0.4) is 0 Å². The van der Waals surface area contributed by atoms with E-state index in [4.69, 9.17) is 21.1 Å². The summed E-state index contributed by atoms with van der Waals surface area (Å²) in [4.78, 5) is 29.7. The number of rotatable bonds is 7. The number of halogens is 1. The first-order valence-electron chi connectivity index (χ1n) is 19.8. The molecule has 1 N–H and O–H groups in total. The van der Waals surface area contributed by atoms with Gasteiger partial charge >= 0.3 is 0 Å². The van der Waals surface area contributed by atoms with Gasteiger partial charge in [-0.1, -0.05) is 73.6 Å². The number of hydrogen-bond acceptors (Lipinski definition) is 8. The number of carbonyl (C=O) groups excluding carboxylic acids is 1. The maximum Gasteiger partial charge on any atom is 0.260 e. The van der Waals surface area contributed by atoms with E-state index in [-0.39, 0.29) is 17.1 Å². The monoisotopic (exact) mass is 772 g/mol. The third-order valence-corrected chi connectivity index (χ3v) is 14.6. The summed E-state index contributed by atoms with van der Waals surface area (Å²) in [5.74, 6) is 6.39. The standard InChI is InChI=1S/C43H57ClN6O3S/c1-6-8-32-21-36(44)12-13-38(32)35-26-50-25-34-10-14-39(34)43(52-4,28-48-17-19-49(20-18-48)37-23-45-29-46-24-37)16-7-9-30(2)31(3)54(5)47-42(51)33-11-15-41(53-27-35)40(50)22-33/h7,11-13,15-16,21-24,29-31,34-35,39H,5-6,8-10,14,17-20,25-28H2,1-4H3,(H,47,51)/b16-7+. The fraction of sp³-hybridized carbons (Fsp3) is 0.535. The van der Waals surface area contributed by atoms with Crippen molar-refractivity contribution < 1.29 is 14.3 Å². The molecule has 2 fully saturated rings. The topological polar surface area (TPSA) is 83.1 Å². The number of piperazine rings is 1. The van der Waals surface area contributed by atoms with E-state index < -0.39 is 16.3 Å². The summed E-state index contributed by atoms with van der Waals surface area (Å²) in [7, 11) is 1.35. The van der Waals surface area contributed by atoms with Gasteiger partial charge in [-0.25, -0.2) is 9.97 Å². The van der Waals surface area contributed by atoms with Gasteiger partial charge in [-0.05, 0) is 84.9 Å². The number of amides is 1. The second kappa shape index (κ2) is 17.1. The third-order valence-electron chi connectivity index (χ3n) is 12.5. The van der Waals surface area contributed by atoms with Gasteiger partial charge in [-0.15, -0.1) is 0 Å². The van der Waals surface area contributed by atoms with Gasteiger partial charge in [-0.3, -0.25) is 9.69 Å². The van der Waals surface area contributed by atoms with Gasteiger partial charge < -0.3 is 24.0 Å². The van der Waals surface area contributed by atoms with Gasteiger partial charge in [-0.2, -0.15) is 0 Å². The molecule has 0 spiro atoms. The average Bonchev–Trinajstić information content (AvgIpc) is 3.35. The van der Waals surface area contributed by atoms with Crippen LogP contribution in [0.2, 0.25) is 5.02 Å². The number of allylic oxidation sites excluding steroid dienone is 1. The van der Waals surface area contributed by atoms with Gasteiger partial charge in [0, 0.05) is 74.7 Å². The van der Waals surface area contributed by atoms with E-state index in [0.29, 0.717) is 29.9 Å². The Morgan fingerprint density at radius 3 is 2.57 bits per heavy atom. The molecule has 11 heteroatoms. The molecule has 7 rings (SSSR count). The number of fused-ring (bicyclic) bond motifs is 2. The molecule has 2 bridgehead atoms. The second-order valence-corrected chi connectivity index (χ2v) is 18.1. The van der Waals surface area contributed by atoms with Crippen molar-refractivity contribution in [3.05, 3.63) is 89.0 Å². The summed E-state index contributed by atoms with van der Waals surface area (Å²) in [6, 6.07) is 12.3. The lowest BCUT2D eigenvalue weighted by molar-refractivity contribution is -0.0919. The summed E-state index contributed by atoms with van der Waals surface area (Å²) in [6.45, 7) is 13.5. The van der Waals surface area contributed by atoms with Crippen molar-refractivity contribution in [2.75, 3.05) is 69.3 Å². The van der Waals surface area contributed by atoms with Crippen LogP contribution in [0.5, 0.6) is 5.75 Å². The summed E-state index contributed by atoms with van der Waals surface area (Å²) < 4.78 is 16.7. The van der Waals surface area contributed by atoms with E-state index in [1.165, 1.54) is 11.1 Å². The Balaban J connectivity index is 1.22. The van der Waals surface area contributed by atoms with Crippen LogP contribution in [0.4, 0.5) is 11.4 Å². The SMILES string of the molecule is C=S1NC(=O)c2ccc3c(c2)N(CC(c2ccc(Cl)cc2CCC)CO3)CC2CCC2C(CN2CCN(c3cncnc3)CC2)(OC)/C=C/CC(C)C1C. The first-order chi connectivity index (χ1) is 26.2. The van der Waals surface area contributed by atoms with Crippen molar-refractivity contribution in [3.8, 4) is 5.75 Å². The van der Waals surface area contributed by atoms with Crippen LogP contribution in [-0.2, 0) is 11.2 Å². The number of aromatic nitrogens is 2. The Hall–Kier alpha value is -3.44. The number of benzene rings is 2. The van der Waals surface area contributed by atoms with Crippen molar-refractivity contribution in [2.24, 2.45) is 17.8 Å². The van der Waals surface area contributed by atoms with E-state index in [9.17, 15) is 4.79 Å². The zero-order valence-electron chi connectivity index (χ0n) is 32.4. The number of carbonyl (C=O) groups is 1. The Morgan fingerprint density at radius 1 is 1.06 bits per heavy atom. The molecule has 9 nitrogen and oxygen atoms in total. The number of anilines is 2. The maximum absolute atomic E-state index is 13.8. The van der Waals surface area contributed by atoms with Crippen molar-refractivity contribution in [3.63, 3.8) is 0 Å². The molecule has 1 saturated heterocycles.